The molecule has 0 aromatic rings. The van der Waals surface area contributed by atoms with Crippen LogP contribution in [0, 0.1) is 5.41 Å². The van der Waals surface area contributed by atoms with Crippen molar-refractivity contribution in [2.45, 2.75) is 38.5 Å². The van der Waals surface area contributed by atoms with Crippen LogP contribution in [0.1, 0.15) is 38.5 Å². The third kappa shape index (κ3) is 1.78. The maximum atomic E-state index is 11.8. The number of hydrogen-bond donors (Lipinski definition) is 1. The third-order valence-electron chi connectivity index (χ3n) is 3.84. The highest BCUT2D eigenvalue weighted by atomic mass is 16.2. The molecule has 1 spiro atoms. The van der Waals surface area contributed by atoms with Crippen LogP contribution in [0.25, 0.3) is 0 Å². The van der Waals surface area contributed by atoms with Gasteiger partial charge in [0.1, 0.15) is 0 Å². The number of hydrogen-bond acceptors (Lipinski definition) is 2. The lowest BCUT2D eigenvalue weighted by Crippen LogP contribution is -2.47. The van der Waals surface area contributed by atoms with Gasteiger partial charge in [0.15, 0.2) is 0 Å². The SMILES string of the molecule is NCCCN1CCC2(CCC2)CC1=O. The van der Waals surface area contributed by atoms with E-state index in [0.29, 0.717) is 17.9 Å². The van der Waals surface area contributed by atoms with Crippen LogP contribution >= 0.6 is 0 Å². The smallest absolute Gasteiger partial charge is 0.223 e. The highest BCUT2D eigenvalue weighted by Crippen LogP contribution is 2.49. The molecule has 0 atom stereocenters. The second-order valence-corrected chi connectivity index (χ2v) is 4.80. The molecule has 0 aromatic heterocycles. The second-order valence-electron chi connectivity index (χ2n) is 4.80. The molecule has 1 aliphatic heterocycles. The predicted octanol–water partition coefficient (Wildman–Crippen LogP) is 1.13. The van der Waals surface area contributed by atoms with E-state index in [-0.39, 0.29) is 0 Å². The minimum Gasteiger partial charge on any atom is -0.343 e. The van der Waals surface area contributed by atoms with E-state index in [1.165, 1.54) is 25.7 Å². The molecule has 2 rings (SSSR count). The normalized spacial score (nSPS) is 25.2. The Hall–Kier alpha value is -0.570. The number of carbonyl (C=O) groups excluding carboxylic acids is 1. The summed E-state index contributed by atoms with van der Waals surface area (Å²) in [6, 6.07) is 0. The van der Waals surface area contributed by atoms with Gasteiger partial charge in [-0.25, -0.2) is 0 Å². The third-order valence-corrected chi connectivity index (χ3v) is 3.84. The average Bonchev–Trinajstić information content (AvgIpc) is 2.13. The molecule has 3 heteroatoms. The maximum absolute atomic E-state index is 11.8. The van der Waals surface area contributed by atoms with Crippen LogP contribution in [-0.2, 0) is 4.79 Å². The molecule has 1 amide bonds. The fraction of sp³-hybridized carbons (Fsp3) is 0.909. The van der Waals surface area contributed by atoms with Crippen molar-refractivity contribution in [2.24, 2.45) is 11.1 Å². The minimum absolute atomic E-state index is 0.365. The van der Waals surface area contributed by atoms with Crippen molar-refractivity contribution in [3.8, 4) is 0 Å². The molecule has 0 unspecified atom stereocenters. The van der Waals surface area contributed by atoms with E-state index in [0.717, 1.165) is 25.9 Å². The summed E-state index contributed by atoms with van der Waals surface area (Å²) in [5.74, 6) is 0.365. The van der Waals surface area contributed by atoms with Gasteiger partial charge in [0.05, 0.1) is 0 Å². The van der Waals surface area contributed by atoms with Crippen molar-refractivity contribution in [1.29, 1.82) is 0 Å². The molecule has 2 fully saturated rings. The molecular formula is C11H20N2O. The lowest BCUT2D eigenvalue weighted by molar-refractivity contribution is -0.141. The van der Waals surface area contributed by atoms with E-state index < -0.39 is 0 Å². The summed E-state index contributed by atoms with van der Waals surface area (Å²) in [7, 11) is 0. The molecule has 0 aromatic carbocycles. The van der Waals surface area contributed by atoms with Gasteiger partial charge in [-0.05, 0) is 37.6 Å². The molecule has 2 aliphatic rings. The molecule has 14 heavy (non-hydrogen) atoms. The Bertz CT molecular complexity index is 223. The molecule has 0 bridgehead atoms. The van der Waals surface area contributed by atoms with Crippen LogP contribution in [-0.4, -0.2) is 30.4 Å². The zero-order chi connectivity index (χ0) is 10.0. The first-order chi connectivity index (χ1) is 6.76. The van der Waals surface area contributed by atoms with Gasteiger partial charge in [0.25, 0.3) is 0 Å². The van der Waals surface area contributed by atoms with Crippen LogP contribution in [0.15, 0.2) is 0 Å². The Labute approximate surface area is 85.6 Å². The van der Waals surface area contributed by atoms with Crippen molar-refractivity contribution in [1.82, 2.24) is 4.90 Å². The van der Waals surface area contributed by atoms with Gasteiger partial charge >= 0.3 is 0 Å². The summed E-state index contributed by atoms with van der Waals surface area (Å²) >= 11 is 0. The fourth-order valence-electron chi connectivity index (χ4n) is 2.64. The quantitative estimate of drug-likeness (QED) is 0.735. The van der Waals surface area contributed by atoms with Gasteiger partial charge in [-0.2, -0.15) is 0 Å². The fourth-order valence-corrected chi connectivity index (χ4v) is 2.64. The first kappa shape index (κ1) is 9.97. The Kier molecular flexibility index (Phi) is 2.77. The number of carbonyl (C=O) groups is 1. The van der Waals surface area contributed by atoms with E-state index in [2.05, 4.69) is 0 Å². The lowest BCUT2D eigenvalue weighted by atomic mass is 9.63. The zero-order valence-electron chi connectivity index (χ0n) is 8.80. The van der Waals surface area contributed by atoms with E-state index >= 15 is 0 Å². The minimum atomic E-state index is 0.365. The summed E-state index contributed by atoms with van der Waals surface area (Å²) in [5.41, 5.74) is 5.87. The Morgan fingerprint density at radius 1 is 1.36 bits per heavy atom. The van der Waals surface area contributed by atoms with Crippen molar-refractivity contribution >= 4 is 5.91 Å². The summed E-state index contributed by atoms with van der Waals surface area (Å²) < 4.78 is 0. The van der Waals surface area contributed by atoms with Gasteiger partial charge in [0.2, 0.25) is 5.91 Å². The first-order valence-electron chi connectivity index (χ1n) is 5.74. The monoisotopic (exact) mass is 196 g/mol. The first-order valence-corrected chi connectivity index (χ1v) is 5.74. The van der Waals surface area contributed by atoms with Crippen LogP contribution < -0.4 is 5.73 Å². The lowest BCUT2D eigenvalue weighted by Gasteiger charge is -2.47. The van der Waals surface area contributed by atoms with Crippen molar-refractivity contribution in [3.63, 3.8) is 0 Å². The topological polar surface area (TPSA) is 46.3 Å². The highest BCUT2D eigenvalue weighted by molar-refractivity contribution is 5.78. The molecule has 2 N–H and O–H groups in total. The van der Waals surface area contributed by atoms with Crippen molar-refractivity contribution in [3.05, 3.63) is 0 Å². The Morgan fingerprint density at radius 2 is 2.14 bits per heavy atom. The molecule has 1 saturated carbocycles. The van der Waals surface area contributed by atoms with E-state index in [9.17, 15) is 4.79 Å². The Morgan fingerprint density at radius 3 is 2.64 bits per heavy atom. The second kappa shape index (κ2) is 3.89. The van der Waals surface area contributed by atoms with Crippen LogP contribution in [0.5, 0.6) is 0 Å². The Balaban J connectivity index is 1.84. The molecule has 1 heterocycles. The zero-order valence-corrected chi connectivity index (χ0v) is 8.80. The van der Waals surface area contributed by atoms with Gasteiger partial charge < -0.3 is 10.6 Å². The summed E-state index contributed by atoms with van der Waals surface area (Å²) in [4.78, 5) is 13.8. The van der Waals surface area contributed by atoms with E-state index in [1.54, 1.807) is 0 Å². The van der Waals surface area contributed by atoms with Gasteiger partial charge in [0, 0.05) is 19.5 Å². The number of piperidine rings is 1. The number of amides is 1. The molecule has 80 valence electrons. The highest BCUT2D eigenvalue weighted by Gasteiger charge is 2.42. The summed E-state index contributed by atoms with van der Waals surface area (Å²) in [6.45, 7) is 2.53. The van der Waals surface area contributed by atoms with Gasteiger partial charge in [-0.15, -0.1) is 0 Å². The summed E-state index contributed by atoms with van der Waals surface area (Å²) in [5, 5.41) is 0. The molecule has 3 nitrogen and oxygen atoms in total. The van der Waals surface area contributed by atoms with Crippen molar-refractivity contribution < 1.29 is 4.79 Å². The van der Waals surface area contributed by atoms with Gasteiger partial charge in [-0.3, -0.25) is 4.79 Å². The molecule has 1 aliphatic carbocycles. The van der Waals surface area contributed by atoms with Crippen LogP contribution in [0.2, 0.25) is 0 Å². The average molecular weight is 196 g/mol. The maximum Gasteiger partial charge on any atom is 0.223 e. The molecule has 1 saturated heterocycles. The van der Waals surface area contributed by atoms with Crippen molar-refractivity contribution in [2.75, 3.05) is 19.6 Å². The standard InChI is InChI=1S/C11H20N2O/c12-6-2-7-13-8-5-11(3-1-4-11)9-10(13)14/h1-9,12H2. The molecular weight excluding hydrogens is 176 g/mol. The van der Waals surface area contributed by atoms with Gasteiger partial charge in [-0.1, -0.05) is 6.42 Å². The van der Waals surface area contributed by atoms with Crippen LogP contribution in [0.3, 0.4) is 0 Å². The molecule has 0 radical (unpaired) electrons. The predicted molar refractivity (Wildman–Crippen MR) is 55.8 cm³/mol. The van der Waals surface area contributed by atoms with E-state index in [4.69, 9.17) is 5.73 Å². The number of nitrogens with two attached hydrogens (primary N) is 1. The number of nitrogens with zero attached hydrogens (tertiary/aromatic N) is 1. The number of likely N-dealkylation sites (tertiary alicyclic amines) is 1. The summed E-state index contributed by atoms with van der Waals surface area (Å²) in [6.07, 6.45) is 6.86. The van der Waals surface area contributed by atoms with E-state index in [1.807, 2.05) is 4.90 Å². The van der Waals surface area contributed by atoms with Crippen LogP contribution in [0.4, 0.5) is 0 Å². The number of rotatable bonds is 3. The largest absolute Gasteiger partial charge is 0.343 e.